The van der Waals surface area contributed by atoms with Gasteiger partial charge in [-0.05, 0) is 51.5 Å². The fourth-order valence-corrected chi connectivity index (χ4v) is 3.71. The molecule has 0 saturated heterocycles. The molecule has 0 bridgehead atoms. The maximum atomic E-state index is 12.2. The first-order chi connectivity index (χ1) is 11.1. The topological polar surface area (TPSA) is 75.3 Å². The zero-order valence-electron chi connectivity index (χ0n) is 15.2. The Kier molecular flexibility index (Phi) is 7.90. The molecule has 136 valence electrons. The summed E-state index contributed by atoms with van der Waals surface area (Å²) in [6.45, 7) is 7.53. The van der Waals surface area contributed by atoms with Crippen LogP contribution in [0.5, 0.6) is 0 Å². The minimum absolute atomic E-state index is 0.0325. The van der Waals surface area contributed by atoms with E-state index in [2.05, 4.69) is 17.0 Å². The highest BCUT2D eigenvalue weighted by molar-refractivity contribution is 7.89. The number of benzene rings is 1. The van der Waals surface area contributed by atoms with Gasteiger partial charge in [-0.2, -0.15) is 0 Å². The highest BCUT2D eigenvalue weighted by Gasteiger charge is 2.21. The normalized spacial score (nSPS) is 12.2. The first-order valence-electron chi connectivity index (χ1n) is 8.58. The molecular weight excluding hydrogens is 324 g/mol. The van der Waals surface area contributed by atoms with E-state index in [-0.39, 0.29) is 10.8 Å². The van der Waals surface area contributed by atoms with Crippen molar-refractivity contribution in [1.29, 1.82) is 0 Å². The van der Waals surface area contributed by atoms with Crippen LogP contribution < -0.4 is 10.0 Å². The Morgan fingerprint density at radius 1 is 1.00 bits per heavy atom. The van der Waals surface area contributed by atoms with Crippen molar-refractivity contribution >= 4 is 21.6 Å². The van der Waals surface area contributed by atoms with Crippen LogP contribution in [0.1, 0.15) is 66.2 Å². The zero-order chi connectivity index (χ0) is 18.2. The van der Waals surface area contributed by atoms with E-state index < -0.39 is 15.6 Å². The number of hydrogen-bond donors (Lipinski definition) is 2. The second-order valence-electron chi connectivity index (χ2n) is 7.09. The molecule has 0 heterocycles. The van der Waals surface area contributed by atoms with E-state index in [1.54, 1.807) is 32.9 Å². The average molecular weight is 355 g/mol. The summed E-state index contributed by atoms with van der Waals surface area (Å²) in [6, 6.07) is 6.24. The lowest BCUT2D eigenvalue weighted by molar-refractivity contribution is -0.116. The van der Waals surface area contributed by atoms with Crippen LogP contribution in [0.15, 0.2) is 29.2 Å². The van der Waals surface area contributed by atoms with Crippen molar-refractivity contribution in [3.8, 4) is 0 Å². The summed E-state index contributed by atoms with van der Waals surface area (Å²) in [5, 5.41) is 2.81. The molecule has 0 spiro atoms. The first-order valence-corrected chi connectivity index (χ1v) is 10.1. The summed E-state index contributed by atoms with van der Waals surface area (Å²) in [5.41, 5.74) is 0.0759. The molecule has 0 aliphatic heterocycles. The van der Waals surface area contributed by atoms with E-state index in [0.717, 1.165) is 19.3 Å². The zero-order valence-corrected chi connectivity index (χ0v) is 16.0. The lowest BCUT2D eigenvalue weighted by atomic mass is 10.1. The molecule has 0 aliphatic rings. The smallest absolute Gasteiger partial charge is 0.241 e. The summed E-state index contributed by atoms with van der Waals surface area (Å²) < 4.78 is 27.0. The van der Waals surface area contributed by atoms with E-state index >= 15 is 0 Å². The van der Waals surface area contributed by atoms with Crippen LogP contribution >= 0.6 is 0 Å². The number of rotatable bonds is 9. The molecule has 1 rings (SSSR count). The predicted octanol–water partition coefficient (Wildman–Crippen LogP) is 4.06. The van der Waals surface area contributed by atoms with Crippen molar-refractivity contribution in [3.05, 3.63) is 24.3 Å². The number of sulfonamides is 1. The molecule has 0 atom stereocenters. The van der Waals surface area contributed by atoms with Gasteiger partial charge in [-0.1, -0.05) is 32.6 Å². The molecule has 0 fully saturated rings. The fourth-order valence-electron chi connectivity index (χ4n) is 2.29. The summed E-state index contributed by atoms with van der Waals surface area (Å²) in [5.74, 6) is -0.0325. The molecular formula is C18H30N2O3S. The van der Waals surface area contributed by atoms with Crippen molar-refractivity contribution in [3.63, 3.8) is 0 Å². The van der Waals surface area contributed by atoms with Gasteiger partial charge in [0.1, 0.15) is 0 Å². The molecule has 2 N–H and O–H groups in total. The summed E-state index contributed by atoms with van der Waals surface area (Å²) >= 11 is 0. The van der Waals surface area contributed by atoms with Gasteiger partial charge < -0.3 is 5.32 Å². The summed E-state index contributed by atoms with van der Waals surface area (Å²) in [6.07, 6.45) is 6.00. The van der Waals surface area contributed by atoms with Gasteiger partial charge >= 0.3 is 0 Å². The van der Waals surface area contributed by atoms with Gasteiger partial charge in [0.15, 0.2) is 0 Å². The van der Waals surface area contributed by atoms with Crippen molar-refractivity contribution in [2.24, 2.45) is 0 Å². The molecule has 0 saturated carbocycles. The Morgan fingerprint density at radius 3 is 2.12 bits per heavy atom. The number of amides is 1. The molecule has 6 heteroatoms. The van der Waals surface area contributed by atoms with Gasteiger partial charge in [0.2, 0.25) is 15.9 Å². The lowest BCUT2D eigenvalue weighted by Crippen LogP contribution is -2.40. The maximum absolute atomic E-state index is 12.2. The second-order valence-corrected chi connectivity index (χ2v) is 8.77. The third-order valence-corrected chi connectivity index (χ3v) is 5.17. The van der Waals surface area contributed by atoms with Crippen molar-refractivity contribution in [2.75, 3.05) is 5.32 Å². The van der Waals surface area contributed by atoms with Gasteiger partial charge in [-0.3, -0.25) is 4.79 Å². The largest absolute Gasteiger partial charge is 0.326 e. The number of nitrogens with one attached hydrogen (secondary N) is 2. The number of carbonyl (C=O) groups excluding carboxylic acids is 1. The third kappa shape index (κ3) is 7.93. The first kappa shape index (κ1) is 20.6. The van der Waals surface area contributed by atoms with Gasteiger partial charge in [-0.15, -0.1) is 0 Å². The summed E-state index contributed by atoms with van der Waals surface area (Å²) in [7, 11) is -3.55. The van der Waals surface area contributed by atoms with E-state index in [0.29, 0.717) is 12.1 Å². The Balaban J connectivity index is 2.54. The Morgan fingerprint density at radius 2 is 1.58 bits per heavy atom. The second kappa shape index (κ2) is 9.18. The van der Waals surface area contributed by atoms with E-state index in [9.17, 15) is 13.2 Å². The standard InChI is InChI=1S/C18H30N2O3S/c1-5-6-7-8-9-10-17(21)19-15-11-13-16(14-12-15)24(22,23)20-18(2,3)4/h11-14,20H,5-10H2,1-4H3,(H,19,21). The van der Waals surface area contributed by atoms with Gasteiger partial charge in [0.25, 0.3) is 0 Å². The Bertz CT molecular complexity index is 617. The highest BCUT2D eigenvalue weighted by Crippen LogP contribution is 2.16. The lowest BCUT2D eigenvalue weighted by Gasteiger charge is -2.20. The number of hydrogen-bond acceptors (Lipinski definition) is 3. The van der Waals surface area contributed by atoms with Crippen molar-refractivity contribution < 1.29 is 13.2 Å². The van der Waals surface area contributed by atoms with Crippen LogP contribution in [0.4, 0.5) is 5.69 Å². The molecule has 1 aromatic rings. The van der Waals surface area contributed by atoms with Crippen LogP contribution in [-0.4, -0.2) is 19.9 Å². The third-order valence-electron chi connectivity index (χ3n) is 3.40. The SMILES string of the molecule is CCCCCCCC(=O)Nc1ccc(S(=O)(=O)NC(C)(C)C)cc1. The Hall–Kier alpha value is -1.40. The van der Waals surface area contributed by atoms with Crippen molar-refractivity contribution in [2.45, 2.75) is 76.7 Å². The Labute approximate surface area is 146 Å². The van der Waals surface area contributed by atoms with Crippen molar-refractivity contribution in [1.82, 2.24) is 4.72 Å². The van der Waals surface area contributed by atoms with E-state index in [1.807, 2.05) is 0 Å². The molecule has 0 aliphatic carbocycles. The predicted molar refractivity (Wildman–Crippen MR) is 98.5 cm³/mol. The summed E-state index contributed by atoms with van der Waals surface area (Å²) in [4.78, 5) is 12.1. The molecule has 24 heavy (non-hydrogen) atoms. The van der Waals surface area contributed by atoms with Crippen LogP contribution in [0.25, 0.3) is 0 Å². The maximum Gasteiger partial charge on any atom is 0.241 e. The molecule has 1 amide bonds. The van der Waals surface area contributed by atoms with E-state index in [4.69, 9.17) is 0 Å². The molecule has 0 unspecified atom stereocenters. The van der Waals surface area contributed by atoms with Crippen LogP contribution in [-0.2, 0) is 14.8 Å². The molecule has 0 aromatic heterocycles. The monoisotopic (exact) mass is 354 g/mol. The van der Waals surface area contributed by atoms with Crippen LogP contribution in [0.3, 0.4) is 0 Å². The van der Waals surface area contributed by atoms with Gasteiger partial charge in [-0.25, -0.2) is 13.1 Å². The number of unbranched alkanes of at least 4 members (excludes halogenated alkanes) is 4. The minimum Gasteiger partial charge on any atom is -0.326 e. The number of carbonyl (C=O) groups is 1. The molecule has 1 aromatic carbocycles. The highest BCUT2D eigenvalue weighted by atomic mass is 32.2. The quantitative estimate of drug-likeness (QED) is 0.657. The minimum atomic E-state index is -3.55. The van der Waals surface area contributed by atoms with Crippen LogP contribution in [0.2, 0.25) is 0 Å². The number of anilines is 1. The van der Waals surface area contributed by atoms with Gasteiger partial charge in [0, 0.05) is 17.6 Å². The molecule has 0 radical (unpaired) electrons. The van der Waals surface area contributed by atoms with Gasteiger partial charge in [0.05, 0.1) is 4.90 Å². The van der Waals surface area contributed by atoms with E-state index in [1.165, 1.54) is 25.0 Å². The van der Waals surface area contributed by atoms with Crippen LogP contribution in [0, 0.1) is 0 Å². The molecule has 5 nitrogen and oxygen atoms in total. The fraction of sp³-hybridized carbons (Fsp3) is 0.611. The average Bonchev–Trinajstić information content (AvgIpc) is 2.45.